The number of alkyl halides is 3. The zero-order valence-electron chi connectivity index (χ0n) is 10.5. The Morgan fingerprint density at radius 2 is 2.10 bits per heavy atom. The summed E-state index contributed by atoms with van der Waals surface area (Å²) in [6.07, 6.45) is -3.47. The van der Waals surface area contributed by atoms with Crippen LogP contribution in [-0.2, 0) is 17.5 Å². The molecule has 112 valence electrons. The Labute approximate surface area is 122 Å². The summed E-state index contributed by atoms with van der Waals surface area (Å²) < 4.78 is 38.0. The molecule has 0 radical (unpaired) electrons. The summed E-state index contributed by atoms with van der Waals surface area (Å²) >= 11 is 5.76. The molecule has 2 rings (SSSR count). The highest BCUT2D eigenvalue weighted by Crippen LogP contribution is 2.27. The summed E-state index contributed by atoms with van der Waals surface area (Å²) in [5.41, 5.74) is 5.17. The van der Waals surface area contributed by atoms with Gasteiger partial charge in [-0.3, -0.25) is 9.48 Å². The van der Waals surface area contributed by atoms with Crippen molar-refractivity contribution in [3.05, 3.63) is 41.2 Å². The molecule has 0 spiro atoms. The molecule has 1 heterocycles. The lowest BCUT2D eigenvalue weighted by atomic mass is 10.2. The van der Waals surface area contributed by atoms with Crippen molar-refractivity contribution in [2.45, 2.75) is 12.7 Å². The number of nitrogens with zero attached hydrogens (tertiary/aromatic N) is 2. The van der Waals surface area contributed by atoms with Crippen LogP contribution in [-0.4, -0.2) is 15.7 Å². The van der Waals surface area contributed by atoms with E-state index < -0.39 is 17.8 Å². The van der Waals surface area contributed by atoms with Crippen LogP contribution in [0.15, 0.2) is 30.5 Å². The molecule has 1 aromatic carbocycles. The number of anilines is 2. The summed E-state index contributed by atoms with van der Waals surface area (Å²) in [4.78, 5) is 11.8. The Morgan fingerprint density at radius 3 is 2.71 bits per heavy atom. The van der Waals surface area contributed by atoms with E-state index in [1.165, 1.54) is 12.1 Å². The molecule has 0 aliphatic rings. The first-order chi connectivity index (χ1) is 9.75. The maximum atomic E-state index is 12.4. The Morgan fingerprint density at radius 1 is 1.38 bits per heavy atom. The molecule has 3 N–H and O–H groups in total. The minimum atomic E-state index is -4.54. The number of nitrogens with one attached hydrogen (secondary N) is 1. The summed E-state index contributed by atoms with van der Waals surface area (Å²) in [5, 5.41) is 6.11. The van der Waals surface area contributed by atoms with Crippen LogP contribution in [0.4, 0.5) is 24.5 Å². The fourth-order valence-corrected chi connectivity index (χ4v) is 1.75. The number of carbonyl (C=O) groups excluding carboxylic acids is 1. The van der Waals surface area contributed by atoms with Crippen LogP contribution < -0.4 is 11.1 Å². The van der Waals surface area contributed by atoms with Gasteiger partial charge in [-0.2, -0.15) is 18.3 Å². The summed E-state index contributed by atoms with van der Waals surface area (Å²) in [6, 6.07) is 5.29. The van der Waals surface area contributed by atoms with E-state index in [2.05, 4.69) is 10.4 Å². The van der Waals surface area contributed by atoms with Crippen molar-refractivity contribution >= 4 is 28.9 Å². The first-order valence-electron chi connectivity index (χ1n) is 5.71. The Bertz CT molecular complexity index is 669. The molecule has 0 unspecified atom stereocenters. The van der Waals surface area contributed by atoms with E-state index >= 15 is 0 Å². The zero-order chi connectivity index (χ0) is 15.6. The van der Waals surface area contributed by atoms with Gasteiger partial charge < -0.3 is 11.1 Å². The SMILES string of the molecule is Nc1ccc(Cl)cc1NC(=O)Cn1ccc(C(F)(F)F)n1. The molecule has 0 aliphatic heterocycles. The van der Waals surface area contributed by atoms with Crippen molar-refractivity contribution in [3.8, 4) is 0 Å². The predicted molar refractivity (Wildman–Crippen MR) is 71.7 cm³/mol. The van der Waals surface area contributed by atoms with Gasteiger partial charge in [-0.25, -0.2) is 0 Å². The number of amides is 1. The Hall–Kier alpha value is -2.22. The largest absolute Gasteiger partial charge is 0.435 e. The van der Waals surface area contributed by atoms with Gasteiger partial charge in [-0.1, -0.05) is 11.6 Å². The zero-order valence-corrected chi connectivity index (χ0v) is 11.2. The van der Waals surface area contributed by atoms with Crippen LogP contribution in [0.1, 0.15) is 5.69 Å². The number of rotatable bonds is 3. The van der Waals surface area contributed by atoms with E-state index in [0.29, 0.717) is 10.7 Å². The fourth-order valence-electron chi connectivity index (χ4n) is 1.57. The number of nitrogens with two attached hydrogens (primary N) is 1. The second-order valence-electron chi connectivity index (χ2n) is 4.18. The molecule has 21 heavy (non-hydrogen) atoms. The second kappa shape index (κ2) is 5.65. The molecule has 5 nitrogen and oxygen atoms in total. The van der Waals surface area contributed by atoms with E-state index in [-0.39, 0.29) is 12.2 Å². The lowest BCUT2D eigenvalue weighted by molar-refractivity contribution is -0.141. The molecule has 1 amide bonds. The molecule has 0 bridgehead atoms. The molecule has 0 saturated carbocycles. The van der Waals surface area contributed by atoms with Crippen LogP contribution in [0.2, 0.25) is 5.02 Å². The van der Waals surface area contributed by atoms with E-state index in [1.807, 2.05) is 0 Å². The molecule has 0 fully saturated rings. The molecule has 9 heteroatoms. The molecule has 0 saturated heterocycles. The van der Waals surface area contributed by atoms with Gasteiger partial charge in [0.2, 0.25) is 5.91 Å². The second-order valence-corrected chi connectivity index (χ2v) is 4.61. The van der Waals surface area contributed by atoms with Crippen molar-refractivity contribution in [1.29, 1.82) is 0 Å². The predicted octanol–water partition coefficient (Wildman–Crippen LogP) is 2.78. The number of hydrogen-bond donors (Lipinski definition) is 2. The maximum Gasteiger partial charge on any atom is 0.435 e. The van der Waals surface area contributed by atoms with Crippen molar-refractivity contribution < 1.29 is 18.0 Å². The summed E-state index contributed by atoms with van der Waals surface area (Å²) in [6.45, 7) is -0.373. The van der Waals surface area contributed by atoms with Crippen LogP contribution in [0, 0.1) is 0 Å². The molecule has 2 aromatic rings. The monoisotopic (exact) mass is 318 g/mol. The molecule has 0 atom stereocenters. The highest BCUT2D eigenvalue weighted by molar-refractivity contribution is 6.31. The van der Waals surface area contributed by atoms with Crippen LogP contribution in [0.3, 0.4) is 0 Å². The third-order valence-corrected chi connectivity index (χ3v) is 2.76. The first-order valence-corrected chi connectivity index (χ1v) is 6.09. The smallest absolute Gasteiger partial charge is 0.397 e. The van der Waals surface area contributed by atoms with Gasteiger partial charge in [-0.05, 0) is 24.3 Å². The van der Waals surface area contributed by atoms with Crippen molar-refractivity contribution in [2.75, 3.05) is 11.1 Å². The lowest BCUT2D eigenvalue weighted by Gasteiger charge is -2.08. The number of nitrogen functional groups attached to an aromatic ring is 1. The average Bonchev–Trinajstić information content (AvgIpc) is 2.82. The van der Waals surface area contributed by atoms with E-state index in [4.69, 9.17) is 17.3 Å². The summed E-state index contributed by atoms with van der Waals surface area (Å²) in [7, 11) is 0. The number of aromatic nitrogens is 2. The normalized spacial score (nSPS) is 11.4. The fraction of sp³-hybridized carbons (Fsp3) is 0.167. The van der Waals surface area contributed by atoms with Gasteiger partial charge in [0.25, 0.3) is 0 Å². The van der Waals surface area contributed by atoms with Crippen molar-refractivity contribution in [1.82, 2.24) is 9.78 Å². The van der Waals surface area contributed by atoms with Gasteiger partial charge in [0.1, 0.15) is 6.54 Å². The highest BCUT2D eigenvalue weighted by Gasteiger charge is 2.33. The topological polar surface area (TPSA) is 72.9 Å². The third-order valence-electron chi connectivity index (χ3n) is 2.53. The van der Waals surface area contributed by atoms with Crippen LogP contribution in [0.5, 0.6) is 0 Å². The Kier molecular flexibility index (Phi) is 4.08. The van der Waals surface area contributed by atoms with Crippen molar-refractivity contribution in [2.24, 2.45) is 0 Å². The van der Waals surface area contributed by atoms with Gasteiger partial charge in [0.15, 0.2) is 5.69 Å². The number of hydrogen-bond acceptors (Lipinski definition) is 3. The van der Waals surface area contributed by atoms with Gasteiger partial charge in [0.05, 0.1) is 11.4 Å². The minimum Gasteiger partial charge on any atom is -0.397 e. The highest BCUT2D eigenvalue weighted by atomic mass is 35.5. The number of carbonyl (C=O) groups is 1. The third kappa shape index (κ3) is 3.88. The van der Waals surface area contributed by atoms with E-state index in [0.717, 1.165) is 16.9 Å². The van der Waals surface area contributed by atoms with E-state index in [1.54, 1.807) is 6.07 Å². The molecular formula is C12H10ClF3N4O. The number of benzene rings is 1. The van der Waals surface area contributed by atoms with Gasteiger partial charge in [0, 0.05) is 11.2 Å². The van der Waals surface area contributed by atoms with Crippen molar-refractivity contribution in [3.63, 3.8) is 0 Å². The van der Waals surface area contributed by atoms with Gasteiger partial charge >= 0.3 is 6.18 Å². The summed E-state index contributed by atoms with van der Waals surface area (Å²) in [5.74, 6) is -0.569. The van der Waals surface area contributed by atoms with Crippen LogP contribution in [0.25, 0.3) is 0 Å². The van der Waals surface area contributed by atoms with E-state index in [9.17, 15) is 18.0 Å². The molecule has 0 aliphatic carbocycles. The molecule has 1 aromatic heterocycles. The average molecular weight is 319 g/mol. The maximum absolute atomic E-state index is 12.4. The lowest BCUT2D eigenvalue weighted by Crippen LogP contribution is -2.20. The first kappa shape index (κ1) is 15.2. The van der Waals surface area contributed by atoms with Crippen LogP contribution >= 0.6 is 11.6 Å². The van der Waals surface area contributed by atoms with Gasteiger partial charge in [-0.15, -0.1) is 0 Å². The Balaban J connectivity index is 2.05. The molecular weight excluding hydrogens is 309 g/mol. The quantitative estimate of drug-likeness (QED) is 0.855. The minimum absolute atomic E-state index is 0.288. The number of halogens is 4. The standard InChI is InChI=1S/C12H10ClF3N4O/c13-7-1-2-8(17)9(5-7)18-11(21)6-20-4-3-10(19-20)12(14,15)16/h1-5H,6,17H2,(H,18,21).